The number of alkyl halides is 4. The molecule has 164 valence electrons. The molecule has 2 unspecified atom stereocenters. The Bertz CT molecular complexity index is 847. The van der Waals surface area contributed by atoms with Crippen LogP contribution in [0.5, 0.6) is 11.5 Å². The van der Waals surface area contributed by atoms with Gasteiger partial charge in [0, 0.05) is 5.92 Å². The molecule has 1 saturated heterocycles. The van der Waals surface area contributed by atoms with E-state index < -0.39 is 35.2 Å². The van der Waals surface area contributed by atoms with Crippen molar-refractivity contribution < 1.29 is 36.2 Å². The lowest BCUT2D eigenvalue weighted by Gasteiger charge is -2.27. The van der Waals surface area contributed by atoms with E-state index in [1.807, 2.05) is 6.92 Å². The van der Waals surface area contributed by atoms with Crippen molar-refractivity contribution in [1.82, 2.24) is 0 Å². The highest BCUT2D eigenvalue weighted by Gasteiger charge is 2.40. The fourth-order valence-corrected chi connectivity index (χ4v) is 3.44. The maximum Gasteiger partial charge on any atom is 0.429 e. The maximum absolute atomic E-state index is 14.6. The monoisotopic (exact) mass is 430 g/mol. The highest BCUT2D eigenvalue weighted by atomic mass is 19.3. The molecule has 0 N–H and O–H groups in total. The summed E-state index contributed by atoms with van der Waals surface area (Å²) in [7, 11) is 0. The smallest absolute Gasteiger partial charge is 0.429 e. The molecule has 0 saturated carbocycles. The Balaban J connectivity index is 1.80. The SMILES string of the molecule is CCOc1ccc(C(F)(F)Oc2ccc(C3CCC(C)OC3)cc2)c(F)c1C(F)F. The van der Waals surface area contributed by atoms with E-state index >= 15 is 0 Å². The van der Waals surface area contributed by atoms with Crippen LogP contribution in [0.4, 0.5) is 22.0 Å². The predicted molar refractivity (Wildman–Crippen MR) is 101 cm³/mol. The molecular formula is C22H23F5O3. The van der Waals surface area contributed by atoms with E-state index in [0.717, 1.165) is 24.5 Å². The van der Waals surface area contributed by atoms with E-state index in [1.165, 1.54) is 19.1 Å². The van der Waals surface area contributed by atoms with Crippen LogP contribution in [0, 0.1) is 5.82 Å². The minimum Gasteiger partial charge on any atom is -0.493 e. The van der Waals surface area contributed by atoms with Crippen molar-refractivity contribution in [3.8, 4) is 11.5 Å². The Kier molecular flexibility index (Phi) is 6.85. The molecular weight excluding hydrogens is 407 g/mol. The summed E-state index contributed by atoms with van der Waals surface area (Å²) in [5.41, 5.74) is -1.57. The number of rotatable bonds is 7. The second-order valence-electron chi connectivity index (χ2n) is 7.18. The predicted octanol–water partition coefficient (Wildman–Crippen LogP) is 6.57. The quantitative estimate of drug-likeness (QED) is 0.465. The van der Waals surface area contributed by atoms with Crippen LogP contribution in [0.1, 0.15) is 55.7 Å². The summed E-state index contributed by atoms with van der Waals surface area (Å²) in [6.45, 7) is 4.05. The van der Waals surface area contributed by atoms with Crippen LogP contribution in [0.2, 0.25) is 0 Å². The summed E-state index contributed by atoms with van der Waals surface area (Å²) in [4.78, 5) is 0. The minimum absolute atomic E-state index is 0.0112. The number of benzene rings is 2. The summed E-state index contributed by atoms with van der Waals surface area (Å²) in [5.74, 6) is -2.27. The van der Waals surface area contributed by atoms with Crippen molar-refractivity contribution in [3.63, 3.8) is 0 Å². The molecule has 0 radical (unpaired) electrons. The third kappa shape index (κ3) is 4.86. The van der Waals surface area contributed by atoms with E-state index in [-0.39, 0.29) is 24.4 Å². The van der Waals surface area contributed by atoms with Gasteiger partial charge in [0.15, 0.2) is 0 Å². The lowest BCUT2D eigenvalue weighted by molar-refractivity contribution is -0.187. The zero-order valence-corrected chi connectivity index (χ0v) is 16.6. The number of hydrogen-bond donors (Lipinski definition) is 0. The molecule has 1 aliphatic rings. The molecule has 0 bridgehead atoms. The van der Waals surface area contributed by atoms with E-state index in [4.69, 9.17) is 9.47 Å². The van der Waals surface area contributed by atoms with E-state index in [2.05, 4.69) is 4.74 Å². The van der Waals surface area contributed by atoms with Crippen LogP contribution in [0.25, 0.3) is 0 Å². The van der Waals surface area contributed by atoms with E-state index in [1.54, 1.807) is 12.1 Å². The first kappa shape index (κ1) is 22.3. The highest BCUT2D eigenvalue weighted by molar-refractivity contribution is 5.41. The van der Waals surface area contributed by atoms with Crippen LogP contribution in [-0.4, -0.2) is 19.3 Å². The molecule has 30 heavy (non-hydrogen) atoms. The van der Waals surface area contributed by atoms with Crippen LogP contribution < -0.4 is 9.47 Å². The van der Waals surface area contributed by atoms with Crippen molar-refractivity contribution in [1.29, 1.82) is 0 Å². The minimum atomic E-state index is -4.15. The van der Waals surface area contributed by atoms with Gasteiger partial charge in [-0.1, -0.05) is 12.1 Å². The molecule has 3 nitrogen and oxygen atoms in total. The lowest BCUT2D eigenvalue weighted by Crippen LogP contribution is -2.24. The van der Waals surface area contributed by atoms with Gasteiger partial charge >= 0.3 is 6.11 Å². The van der Waals surface area contributed by atoms with Gasteiger partial charge in [0.1, 0.15) is 22.9 Å². The molecule has 0 aromatic heterocycles. The van der Waals surface area contributed by atoms with Gasteiger partial charge in [-0.05, 0) is 56.5 Å². The first-order valence-electron chi connectivity index (χ1n) is 9.75. The fraction of sp³-hybridized carbons (Fsp3) is 0.455. The topological polar surface area (TPSA) is 27.7 Å². The Morgan fingerprint density at radius 1 is 1.10 bits per heavy atom. The van der Waals surface area contributed by atoms with E-state index in [9.17, 15) is 22.0 Å². The molecule has 0 spiro atoms. The standard InChI is InChI=1S/C22H23F5O3/c1-3-28-18-11-10-17(20(23)19(18)21(24)25)22(26,27)30-16-8-6-14(7-9-16)15-5-4-13(2)29-12-15/h6-11,13,15,21H,3-5,12H2,1-2H3. The largest absolute Gasteiger partial charge is 0.493 e. The van der Waals surface area contributed by atoms with Crippen LogP contribution >= 0.6 is 0 Å². The van der Waals surface area contributed by atoms with Gasteiger partial charge in [0.05, 0.1) is 24.9 Å². The lowest BCUT2D eigenvalue weighted by atomic mass is 9.92. The number of hydrogen-bond acceptors (Lipinski definition) is 3. The van der Waals surface area contributed by atoms with Crippen molar-refractivity contribution in [3.05, 3.63) is 58.9 Å². The number of halogens is 5. The molecule has 2 atom stereocenters. The molecule has 0 amide bonds. The van der Waals surface area contributed by atoms with Crippen molar-refractivity contribution in [2.45, 2.75) is 51.2 Å². The average molecular weight is 430 g/mol. The first-order valence-corrected chi connectivity index (χ1v) is 9.75. The third-order valence-electron chi connectivity index (χ3n) is 5.07. The molecule has 2 aromatic rings. The molecule has 1 aliphatic heterocycles. The highest BCUT2D eigenvalue weighted by Crippen LogP contribution is 2.40. The van der Waals surface area contributed by atoms with Crippen LogP contribution in [0.15, 0.2) is 36.4 Å². The molecule has 0 aliphatic carbocycles. The zero-order valence-electron chi connectivity index (χ0n) is 16.6. The Labute approximate surface area is 171 Å². The first-order chi connectivity index (χ1) is 14.2. The van der Waals surface area contributed by atoms with Gasteiger partial charge in [-0.25, -0.2) is 13.2 Å². The molecule has 1 fully saturated rings. The second-order valence-corrected chi connectivity index (χ2v) is 7.18. The summed E-state index contributed by atoms with van der Waals surface area (Å²) in [6, 6.07) is 7.58. The molecule has 1 heterocycles. The maximum atomic E-state index is 14.6. The Hall–Kier alpha value is -2.35. The average Bonchev–Trinajstić information content (AvgIpc) is 2.69. The van der Waals surface area contributed by atoms with Gasteiger partial charge in [0.25, 0.3) is 6.43 Å². The number of ether oxygens (including phenoxy) is 3. The van der Waals surface area contributed by atoms with Gasteiger partial charge in [0.2, 0.25) is 0 Å². The van der Waals surface area contributed by atoms with Crippen molar-refractivity contribution >= 4 is 0 Å². The van der Waals surface area contributed by atoms with Gasteiger partial charge in [-0.3, -0.25) is 0 Å². The third-order valence-corrected chi connectivity index (χ3v) is 5.07. The molecule has 8 heteroatoms. The van der Waals surface area contributed by atoms with Gasteiger partial charge in [-0.15, -0.1) is 0 Å². The van der Waals surface area contributed by atoms with E-state index in [0.29, 0.717) is 12.7 Å². The Morgan fingerprint density at radius 2 is 1.80 bits per heavy atom. The summed E-state index contributed by atoms with van der Waals surface area (Å²) < 4.78 is 85.4. The summed E-state index contributed by atoms with van der Waals surface area (Å²) >= 11 is 0. The molecule has 2 aromatic carbocycles. The summed E-state index contributed by atoms with van der Waals surface area (Å²) in [5, 5.41) is 0. The van der Waals surface area contributed by atoms with Crippen molar-refractivity contribution in [2.24, 2.45) is 0 Å². The molecule has 3 rings (SSSR count). The fourth-order valence-electron chi connectivity index (χ4n) is 3.44. The Morgan fingerprint density at radius 3 is 2.37 bits per heavy atom. The van der Waals surface area contributed by atoms with Crippen LogP contribution in [-0.2, 0) is 10.8 Å². The van der Waals surface area contributed by atoms with Gasteiger partial charge in [-0.2, -0.15) is 8.78 Å². The second kappa shape index (κ2) is 9.20. The summed E-state index contributed by atoms with van der Waals surface area (Å²) in [6.07, 6.45) is -5.44. The zero-order chi connectivity index (χ0) is 21.9. The van der Waals surface area contributed by atoms with Crippen LogP contribution in [0.3, 0.4) is 0 Å². The van der Waals surface area contributed by atoms with Crippen molar-refractivity contribution in [2.75, 3.05) is 13.2 Å². The van der Waals surface area contributed by atoms with Gasteiger partial charge < -0.3 is 14.2 Å². The normalized spacial score (nSPS) is 19.7.